The molecule has 0 heterocycles. The number of benzene rings is 1. The summed E-state index contributed by atoms with van der Waals surface area (Å²) in [5, 5.41) is 11.8. The fourth-order valence-corrected chi connectivity index (χ4v) is 1.71. The van der Waals surface area contributed by atoms with Crippen LogP contribution >= 0.6 is 0 Å². The molecule has 0 bridgehead atoms. The Morgan fingerprint density at radius 2 is 2.05 bits per heavy atom. The molecular weight excluding hydrogens is 244 g/mol. The van der Waals surface area contributed by atoms with Gasteiger partial charge in [0, 0.05) is 13.6 Å². The quantitative estimate of drug-likeness (QED) is 0.859. The van der Waals surface area contributed by atoms with Crippen LogP contribution in [0.1, 0.15) is 35.7 Å². The number of nitrogens with zero attached hydrogens (tertiary/aromatic N) is 1. The van der Waals surface area contributed by atoms with Crippen molar-refractivity contribution in [3.8, 4) is 0 Å². The van der Waals surface area contributed by atoms with Gasteiger partial charge in [0.2, 0.25) is 0 Å². The topological polar surface area (TPSA) is 69.6 Å². The molecule has 0 aliphatic rings. The predicted molar refractivity (Wildman–Crippen MR) is 74.7 cm³/mol. The molecule has 2 N–H and O–H groups in total. The van der Waals surface area contributed by atoms with E-state index in [-0.39, 0.29) is 11.6 Å². The second kappa shape index (κ2) is 6.78. The molecule has 0 spiro atoms. The first-order valence-corrected chi connectivity index (χ1v) is 6.32. The minimum absolute atomic E-state index is 0.109. The molecule has 0 aliphatic heterocycles. The Balaban J connectivity index is 2.87. The zero-order valence-corrected chi connectivity index (χ0v) is 11.6. The number of anilines is 1. The molecule has 104 valence electrons. The number of carbonyl (C=O) groups is 2. The molecule has 19 heavy (non-hydrogen) atoms. The number of aryl methyl sites for hydroxylation is 1. The number of amides is 2. The van der Waals surface area contributed by atoms with Gasteiger partial charge in [-0.2, -0.15) is 0 Å². The van der Waals surface area contributed by atoms with Crippen LogP contribution in [0.4, 0.5) is 10.5 Å². The van der Waals surface area contributed by atoms with E-state index in [1.54, 1.807) is 31.0 Å². The summed E-state index contributed by atoms with van der Waals surface area (Å²) in [5.41, 5.74) is 1.21. The number of aromatic carboxylic acids is 1. The fraction of sp³-hybridized carbons (Fsp3) is 0.429. The molecule has 5 heteroatoms. The Kier molecular flexibility index (Phi) is 5.36. The number of urea groups is 1. The molecule has 0 saturated carbocycles. The molecule has 0 unspecified atom stereocenters. The van der Waals surface area contributed by atoms with Crippen molar-refractivity contribution in [2.75, 3.05) is 18.9 Å². The molecule has 0 aliphatic carbocycles. The van der Waals surface area contributed by atoms with Gasteiger partial charge in [-0.3, -0.25) is 0 Å². The third kappa shape index (κ3) is 3.98. The number of carbonyl (C=O) groups excluding carboxylic acids is 1. The molecule has 0 aromatic heterocycles. The smallest absolute Gasteiger partial charge is 0.337 e. The Hall–Kier alpha value is -2.04. The summed E-state index contributed by atoms with van der Waals surface area (Å²) < 4.78 is 0. The summed E-state index contributed by atoms with van der Waals surface area (Å²) in [7, 11) is 1.70. The normalized spacial score (nSPS) is 10.1. The van der Waals surface area contributed by atoms with Crippen LogP contribution in [0.2, 0.25) is 0 Å². The lowest BCUT2D eigenvalue weighted by Gasteiger charge is -2.19. The zero-order valence-electron chi connectivity index (χ0n) is 11.6. The first kappa shape index (κ1) is 15.0. The van der Waals surface area contributed by atoms with Crippen molar-refractivity contribution < 1.29 is 14.7 Å². The summed E-state index contributed by atoms with van der Waals surface area (Å²) in [6.07, 6.45) is 1.92. The summed E-state index contributed by atoms with van der Waals surface area (Å²) >= 11 is 0. The maximum absolute atomic E-state index is 12.0. The van der Waals surface area contributed by atoms with Gasteiger partial charge in [-0.25, -0.2) is 9.59 Å². The number of para-hydroxylation sites is 1. The number of unbranched alkanes of at least 4 members (excludes halogenated alkanes) is 1. The Bertz CT molecular complexity index is 472. The molecule has 0 saturated heterocycles. The van der Waals surface area contributed by atoms with E-state index in [4.69, 9.17) is 5.11 Å². The number of carboxylic acid groups (broad SMARTS) is 1. The van der Waals surface area contributed by atoms with Crippen LogP contribution in [0.25, 0.3) is 0 Å². The number of carboxylic acids is 1. The molecule has 1 aromatic rings. The van der Waals surface area contributed by atoms with Gasteiger partial charge in [-0.05, 0) is 25.0 Å². The van der Waals surface area contributed by atoms with Gasteiger partial charge in [-0.15, -0.1) is 0 Å². The molecular formula is C14H20N2O3. The van der Waals surface area contributed by atoms with Gasteiger partial charge < -0.3 is 15.3 Å². The van der Waals surface area contributed by atoms with E-state index in [0.717, 1.165) is 18.4 Å². The van der Waals surface area contributed by atoms with Crippen molar-refractivity contribution >= 4 is 17.7 Å². The average Bonchev–Trinajstić information content (AvgIpc) is 2.37. The molecule has 0 atom stereocenters. The van der Waals surface area contributed by atoms with E-state index in [2.05, 4.69) is 12.2 Å². The Morgan fingerprint density at radius 3 is 2.63 bits per heavy atom. The average molecular weight is 264 g/mol. The van der Waals surface area contributed by atoms with Gasteiger partial charge in [0.1, 0.15) is 0 Å². The summed E-state index contributed by atoms with van der Waals surface area (Å²) in [6.45, 7) is 4.47. The van der Waals surface area contributed by atoms with Gasteiger partial charge in [-0.1, -0.05) is 25.5 Å². The van der Waals surface area contributed by atoms with Crippen molar-refractivity contribution in [1.29, 1.82) is 0 Å². The highest BCUT2D eigenvalue weighted by Gasteiger charge is 2.16. The number of nitrogens with one attached hydrogen (secondary N) is 1. The van der Waals surface area contributed by atoms with E-state index >= 15 is 0 Å². The van der Waals surface area contributed by atoms with Crippen molar-refractivity contribution in [2.45, 2.75) is 26.7 Å². The van der Waals surface area contributed by atoms with Crippen LogP contribution in [0.5, 0.6) is 0 Å². The minimum atomic E-state index is -1.05. The van der Waals surface area contributed by atoms with E-state index in [9.17, 15) is 9.59 Å². The SMILES string of the molecule is CCCCN(C)C(=O)Nc1c(C)cccc1C(=O)O. The first-order valence-electron chi connectivity index (χ1n) is 6.32. The summed E-state index contributed by atoms with van der Waals surface area (Å²) in [4.78, 5) is 24.7. The van der Waals surface area contributed by atoms with Crippen LogP contribution in [0.15, 0.2) is 18.2 Å². The van der Waals surface area contributed by atoms with Crippen molar-refractivity contribution in [3.05, 3.63) is 29.3 Å². The molecule has 1 rings (SSSR count). The lowest BCUT2D eigenvalue weighted by molar-refractivity contribution is 0.0698. The van der Waals surface area contributed by atoms with Gasteiger partial charge in [0.05, 0.1) is 11.3 Å². The zero-order chi connectivity index (χ0) is 14.4. The Morgan fingerprint density at radius 1 is 1.37 bits per heavy atom. The highest BCUT2D eigenvalue weighted by atomic mass is 16.4. The second-order valence-electron chi connectivity index (χ2n) is 4.51. The lowest BCUT2D eigenvalue weighted by atomic mass is 10.1. The van der Waals surface area contributed by atoms with Gasteiger partial charge in [0.25, 0.3) is 0 Å². The van der Waals surface area contributed by atoms with Crippen LogP contribution in [-0.4, -0.2) is 35.6 Å². The van der Waals surface area contributed by atoms with Gasteiger partial charge in [0.15, 0.2) is 0 Å². The number of rotatable bonds is 5. The third-order valence-corrected chi connectivity index (χ3v) is 2.93. The van der Waals surface area contributed by atoms with Crippen molar-refractivity contribution in [3.63, 3.8) is 0 Å². The highest BCUT2D eigenvalue weighted by molar-refractivity contribution is 6.00. The van der Waals surface area contributed by atoms with Crippen LogP contribution < -0.4 is 5.32 Å². The van der Waals surface area contributed by atoms with E-state index < -0.39 is 5.97 Å². The van der Waals surface area contributed by atoms with Gasteiger partial charge >= 0.3 is 12.0 Å². The molecule has 2 amide bonds. The third-order valence-electron chi connectivity index (χ3n) is 2.93. The van der Waals surface area contributed by atoms with E-state index in [1.165, 1.54) is 6.07 Å². The minimum Gasteiger partial charge on any atom is -0.478 e. The standard InChI is InChI=1S/C14H20N2O3/c1-4-5-9-16(3)14(19)15-12-10(2)7-6-8-11(12)13(17)18/h6-8H,4-5,9H2,1-3H3,(H,15,19)(H,17,18). The second-order valence-corrected chi connectivity index (χ2v) is 4.51. The van der Waals surface area contributed by atoms with E-state index in [0.29, 0.717) is 12.2 Å². The first-order chi connectivity index (χ1) is 8.97. The molecule has 5 nitrogen and oxygen atoms in total. The Labute approximate surface area is 113 Å². The van der Waals surface area contributed by atoms with E-state index in [1.807, 2.05) is 0 Å². The van der Waals surface area contributed by atoms with Crippen LogP contribution in [-0.2, 0) is 0 Å². The number of hydrogen-bond donors (Lipinski definition) is 2. The highest BCUT2D eigenvalue weighted by Crippen LogP contribution is 2.21. The largest absolute Gasteiger partial charge is 0.478 e. The van der Waals surface area contributed by atoms with Crippen LogP contribution in [0, 0.1) is 6.92 Å². The molecule has 1 aromatic carbocycles. The monoisotopic (exact) mass is 264 g/mol. The maximum Gasteiger partial charge on any atom is 0.337 e. The van der Waals surface area contributed by atoms with Crippen molar-refractivity contribution in [2.24, 2.45) is 0 Å². The lowest BCUT2D eigenvalue weighted by Crippen LogP contribution is -2.32. The molecule has 0 fully saturated rings. The molecule has 0 radical (unpaired) electrons. The summed E-state index contributed by atoms with van der Waals surface area (Å²) in [6, 6.07) is 4.63. The predicted octanol–water partition coefficient (Wildman–Crippen LogP) is 2.96. The summed E-state index contributed by atoms with van der Waals surface area (Å²) in [5.74, 6) is -1.05. The van der Waals surface area contributed by atoms with Crippen LogP contribution in [0.3, 0.4) is 0 Å². The number of hydrogen-bond acceptors (Lipinski definition) is 2. The van der Waals surface area contributed by atoms with Crippen molar-refractivity contribution in [1.82, 2.24) is 4.90 Å². The maximum atomic E-state index is 12.0. The fourth-order valence-electron chi connectivity index (χ4n) is 1.71.